The van der Waals surface area contributed by atoms with Gasteiger partial charge in [-0.1, -0.05) is 12.1 Å². The lowest BCUT2D eigenvalue weighted by atomic mass is 9.88. The number of hydrogen-bond donors (Lipinski definition) is 7. The first kappa shape index (κ1) is 34.3. The Kier molecular flexibility index (Phi) is 13.1. The third-order valence-corrected chi connectivity index (χ3v) is 7.49. The highest BCUT2D eigenvalue weighted by Gasteiger charge is 2.49. The van der Waals surface area contributed by atoms with Crippen LogP contribution in [0.25, 0.3) is 0 Å². The van der Waals surface area contributed by atoms with E-state index in [2.05, 4.69) is 5.29 Å². The van der Waals surface area contributed by atoms with Crippen LogP contribution in [0.1, 0.15) is 5.56 Å². The van der Waals surface area contributed by atoms with Crippen LogP contribution in [0.4, 0.5) is 4.79 Å². The number of benzene rings is 1. The number of carbonyl (C=O) groups is 1. The maximum absolute atomic E-state index is 13.3. The zero-order chi connectivity index (χ0) is 31.0. The van der Waals surface area contributed by atoms with E-state index in [-0.39, 0.29) is 32.2 Å². The van der Waals surface area contributed by atoms with Gasteiger partial charge in [0.15, 0.2) is 6.23 Å². The molecule has 2 amide bonds. The Labute approximate surface area is 246 Å². The molecule has 0 radical (unpaired) electrons. The molecule has 10 atom stereocenters. The van der Waals surface area contributed by atoms with Crippen LogP contribution in [-0.2, 0) is 20.8 Å². The summed E-state index contributed by atoms with van der Waals surface area (Å²) in [4.78, 5) is 25.7. The van der Waals surface area contributed by atoms with Gasteiger partial charge in [-0.3, -0.25) is 4.90 Å². The number of aliphatic hydroxyl groups excluding tert-OH is 7. The van der Waals surface area contributed by atoms with Crippen molar-refractivity contribution in [2.75, 3.05) is 46.0 Å². The first-order valence-corrected chi connectivity index (χ1v) is 13.8. The fourth-order valence-corrected chi connectivity index (χ4v) is 5.04. The van der Waals surface area contributed by atoms with E-state index in [1.54, 1.807) is 24.3 Å². The molecule has 2 aliphatic heterocycles. The number of hydrogen-bond acceptors (Lipinski definition) is 14. The SMILES string of the molecule is COc1ccc(CN(C(=O)N(CCCl)N=O)C2OC(CO)C(COCC3OC(CO)C(O)C(O)C3O)C(O)C2O)cc1. The minimum atomic E-state index is -1.74. The number of rotatable bonds is 13. The van der Waals surface area contributed by atoms with Gasteiger partial charge in [-0.15, -0.1) is 16.5 Å². The zero-order valence-electron chi connectivity index (χ0n) is 22.8. The van der Waals surface area contributed by atoms with Crippen molar-refractivity contribution in [3.8, 4) is 5.75 Å². The molecule has 10 unspecified atom stereocenters. The van der Waals surface area contributed by atoms with Crippen LogP contribution in [0.2, 0.25) is 0 Å². The molecule has 0 spiro atoms. The van der Waals surface area contributed by atoms with E-state index in [4.69, 9.17) is 30.5 Å². The van der Waals surface area contributed by atoms with Gasteiger partial charge in [0.1, 0.15) is 42.4 Å². The van der Waals surface area contributed by atoms with Gasteiger partial charge >= 0.3 is 6.03 Å². The zero-order valence-corrected chi connectivity index (χ0v) is 23.6. The maximum Gasteiger partial charge on any atom is 0.345 e. The van der Waals surface area contributed by atoms with Crippen molar-refractivity contribution < 1.29 is 59.5 Å². The molecule has 2 aliphatic rings. The van der Waals surface area contributed by atoms with Gasteiger partial charge in [-0.05, 0) is 17.7 Å². The lowest BCUT2D eigenvalue weighted by Crippen LogP contribution is -2.63. The molecule has 0 aliphatic carbocycles. The number of nitrogens with zero attached hydrogens (tertiary/aromatic N) is 3. The number of urea groups is 1. The molecule has 42 heavy (non-hydrogen) atoms. The van der Waals surface area contributed by atoms with Gasteiger partial charge in [0, 0.05) is 11.8 Å². The highest BCUT2D eigenvalue weighted by atomic mass is 35.5. The highest BCUT2D eigenvalue weighted by molar-refractivity contribution is 6.18. The molecule has 2 heterocycles. The van der Waals surface area contributed by atoms with Crippen LogP contribution < -0.4 is 4.74 Å². The average Bonchev–Trinajstić information content (AvgIpc) is 3.00. The fraction of sp³-hybridized carbons (Fsp3) is 0.720. The topological polar surface area (TPSA) is 232 Å². The Morgan fingerprint density at radius 2 is 1.55 bits per heavy atom. The summed E-state index contributed by atoms with van der Waals surface area (Å²) in [6.07, 6.45) is -13.0. The van der Waals surface area contributed by atoms with Crippen molar-refractivity contribution in [1.29, 1.82) is 0 Å². The van der Waals surface area contributed by atoms with E-state index in [0.29, 0.717) is 16.3 Å². The van der Waals surface area contributed by atoms with Crippen LogP contribution in [0.5, 0.6) is 5.75 Å². The summed E-state index contributed by atoms with van der Waals surface area (Å²) in [7, 11) is 1.48. The second-order valence-corrected chi connectivity index (χ2v) is 10.3. The van der Waals surface area contributed by atoms with Crippen molar-refractivity contribution >= 4 is 17.6 Å². The van der Waals surface area contributed by atoms with Crippen molar-refractivity contribution in [2.45, 2.75) is 61.6 Å². The largest absolute Gasteiger partial charge is 0.497 e. The highest BCUT2D eigenvalue weighted by Crippen LogP contribution is 2.31. The summed E-state index contributed by atoms with van der Waals surface area (Å²) in [5, 5.41) is 74.9. The summed E-state index contributed by atoms with van der Waals surface area (Å²) in [5.74, 6) is -0.601. The van der Waals surface area contributed by atoms with Crippen LogP contribution in [0.15, 0.2) is 29.6 Å². The Bertz CT molecular complexity index is 991. The first-order chi connectivity index (χ1) is 20.1. The van der Waals surface area contributed by atoms with Gasteiger partial charge in [0.2, 0.25) is 0 Å². The normalized spacial score (nSPS) is 33.2. The smallest absolute Gasteiger partial charge is 0.345 e. The second-order valence-electron chi connectivity index (χ2n) is 9.95. The molecule has 16 nitrogen and oxygen atoms in total. The van der Waals surface area contributed by atoms with Gasteiger partial charge in [-0.2, -0.15) is 5.01 Å². The van der Waals surface area contributed by atoms with Gasteiger partial charge < -0.3 is 54.7 Å². The van der Waals surface area contributed by atoms with Gasteiger partial charge in [-0.25, -0.2) is 4.79 Å². The minimum absolute atomic E-state index is 0.113. The molecule has 17 heteroatoms. The lowest BCUT2D eigenvalue weighted by molar-refractivity contribution is -0.259. The van der Waals surface area contributed by atoms with Gasteiger partial charge in [0.25, 0.3) is 0 Å². The van der Waals surface area contributed by atoms with Crippen LogP contribution in [0, 0.1) is 10.8 Å². The average molecular weight is 624 g/mol. The third-order valence-electron chi connectivity index (χ3n) is 7.32. The number of halogens is 1. The minimum Gasteiger partial charge on any atom is -0.497 e. The van der Waals surface area contributed by atoms with E-state index in [0.717, 1.165) is 4.90 Å². The molecule has 2 fully saturated rings. The molecule has 7 N–H and O–H groups in total. The Hall–Kier alpha value is -2.22. The number of alkyl halides is 1. The van der Waals surface area contributed by atoms with E-state index in [1.807, 2.05) is 0 Å². The number of ether oxygens (including phenoxy) is 4. The number of nitroso groups, excluding NO2 is 1. The summed E-state index contributed by atoms with van der Waals surface area (Å²) in [6, 6.07) is 5.60. The molecule has 0 bridgehead atoms. The lowest BCUT2D eigenvalue weighted by Gasteiger charge is -2.46. The summed E-state index contributed by atoms with van der Waals surface area (Å²) >= 11 is 5.71. The summed E-state index contributed by atoms with van der Waals surface area (Å²) in [5.41, 5.74) is 0.552. The third kappa shape index (κ3) is 7.83. The molecular formula is C25H38ClN3O13. The van der Waals surface area contributed by atoms with Crippen molar-refractivity contribution in [2.24, 2.45) is 11.2 Å². The number of methoxy groups -OCH3 is 1. The summed E-state index contributed by atoms with van der Waals surface area (Å²) in [6.45, 7) is -2.39. The van der Waals surface area contributed by atoms with E-state index >= 15 is 0 Å². The quantitative estimate of drug-likeness (QED) is 0.0700. The Morgan fingerprint density at radius 3 is 2.12 bits per heavy atom. The van der Waals surface area contributed by atoms with Gasteiger partial charge in [0.05, 0.1) is 64.1 Å². The van der Waals surface area contributed by atoms with Crippen LogP contribution >= 0.6 is 11.6 Å². The predicted molar refractivity (Wildman–Crippen MR) is 143 cm³/mol. The standard InChI is InChI=1S/C25H38ClN3O13/c1-39-14-4-2-13(3-5-14)8-28(25(37)29(27-38)7-6-26)24-23(36)19(32)15(16(9-30)42-24)11-40-12-18-21(34)22(35)20(33)17(10-31)41-18/h2-5,15-24,30-36H,6-12H2,1H3. The molecule has 238 valence electrons. The predicted octanol–water partition coefficient (Wildman–Crippen LogP) is -2.25. The molecular weight excluding hydrogens is 586 g/mol. The molecule has 3 rings (SSSR count). The van der Waals surface area contributed by atoms with Crippen molar-refractivity contribution in [1.82, 2.24) is 9.91 Å². The molecule has 0 aromatic heterocycles. The second kappa shape index (κ2) is 16.0. The number of aliphatic hydroxyl groups is 7. The number of carbonyl (C=O) groups excluding carboxylic acids is 1. The van der Waals surface area contributed by atoms with Crippen molar-refractivity contribution in [3.05, 3.63) is 34.7 Å². The van der Waals surface area contributed by atoms with E-state index in [9.17, 15) is 45.4 Å². The Balaban J connectivity index is 1.75. The fourth-order valence-electron chi connectivity index (χ4n) is 4.87. The monoisotopic (exact) mass is 623 g/mol. The molecule has 1 aromatic carbocycles. The first-order valence-electron chi connectivity index (χ1n) is 13.2. The summed E-state index contributed by atoms with van der Waals surface area (Å²) < 4.78 is 22.0. The molecule has 1 aromatic rings. The van der Waals surface area contributed by atoms with E-state index in [1.165, 1.54) is 7.11 Å². The molecule has 0 saturated carbocycles. The number of amides is 2. The van der Waals surface area contributed by atoms with Crippen molar-refractivity contribution in [3.63, 3.8) is 0 Å². The Morgan fingerprint density at radius 1 is 0.905 bits per heavy atom. The van der Waals surface area contributed by atoms with Crippen LogP contribution in [0.3, 0.4) is 0 Å². The maximum atomic E-state index is 13.3. The molecule has 2 saturated heterocycles. The van der Waals surface area contributed by atoms with E-state index < -0.39 is 80.2 Å². The van der Waals surface area contributed by atoms with Crippen LogP contribution in [-0.4, -0.2) is 153 Å².